The third-order valence-electron chi connectivity index (χ3n) is 10.4. The zero-order valence-corrected chi connectivity index (χ0v) is 25.9. The van der Waals surface area contributed by atoms with Crippen molar-refractivity contribution in [2.75, 3.05) is 19.7 Å². The first-order chi connectivity index (χ1) is 21.8. The van der Waals surface area contributed by atoms with Crippen molar-refractivity contribution in [1.29, 1.82) is 0 Å². The molecule has 0 aromatic carbocycles. The van der Waals surface area contributed by atoms with Crippen LogP contribution in [-0.2, 0) is 19.0 Å². The normalized spacial score (nSPS) is 49.1. The van der Waals surface area contributed by atoms with E-state index < -0.39 is 91.1 Å². The van der Waals surface area contributed by atoms with Gasteiger partial charge in [-0.1, -0.05) is 0 Å². The second-order valence-corrected chi connectivity index (χ2v) is 13.8. The Morgan fingerprint density at radius 1 is 1.00 bits per heavy atom. The minimum absolute atomic E-state index is 0.0166. The fraction of sp³-hybridized carbons (Fsp3) is 0.929. The number of rotatable bonds is 11. The molecule has 0 aromatic rings. The first kappa shape index (κ1) is 35.5. The molecule has 3 saturated carbocycles. The van der Waals surface area contributed by atoms with E-state index in [1.807, 2.05) is 0 Å². The molecule has 2 saturated heterocycles. The average Bonchev–Trinajstić information content (AvgIpc) is 3.65. The van der Waals surface area contributed by atoms with E-state index in [4.69, 9.17) is 48.6 Å². The van der Waals surface area contributed by atoms with Gasteiger partial charge < -0.3 is 84.8 Å². The van der Waals surface area contributed by atoms with E-state index in [1.165, 1.54) is 0 Å². The van der Waals surface area contributed by atoms with Gasteiger partial charge in [0.05, 0.1) is 43.0 Å². The summed E-state index contributed by atoms with van der Waals surface area (Å²) < 4.78 is 18.3. The van der Waals surface area contributed by atoms with Crippen LogP contribution >= 0.6 is 0 Å². The molecule has 264 valence electrons. The Morgan fingerprint density at radius 2 is 1.72 bits per heavy atom. The monoisotopic (exact) mass is 659 g/mol. The van der Waals surface area contributed by atoms with Crippen LogP contribution in [0.15, 0.2) is 4.99 Å². The highest BCUT2D eigenvalue weighted by molar-refractivity contribution is 5.90. The molecule has 15 unspecified atom stereocenters. The highest BCUT2D eigenvalue weighted by Gasteiger charge is 2.61. The zero-order valence-electron chi connectivity index (χ0n) is 25.9. The van der Waals surface area contributed by atoms with Gasteiger partial charge in [0.15, 0.2) is 17.9 Å². The van der Waals surface area contributed by atoms with Gasteiger partial charge >= 0.3 is 0 Å². The molecule has 0 radical (unpaired) electrons. The number of ether oxygens (including phenoxy) is 3. The van der Waals surface area contributed by atoms with E-state index >= 15 is 0 Å². The van der Waals surface area contributed by atoms with Gasteiger partial charge in [-0.2, -0.15) is 0 Å². The first-order valence-electron chi connectivity index (χ1n) is 16.2. The number of aliphatic imine (C=N–C) groups is 1. The third-order valence-corrected chi connectivity index (χ3v) is 10.4. The molecule has 3 aliphatic carbocycles. The van der Waals surface area contributed by atoms with Crippen molar-refractivity contribution in [2.24, 2.45) is 51.2 Å². The molecule has 0 bridgehead atoms. The second kappa shape index (κ2) is 14.4. The van der Waals surface area contributed by atoms with Gasteiger partial charge in [0.1, 0.15) is 24.4 Å². The van der Waals surface area contributed by atoms with Gasteiger partial charge in [-0.15, -0.1) is 0 Å². The largest absolute Gasteiger partial charge is 0.394 e. The molecule has 5 aliphatic rings. The molecule has 1 amide bonds. The fourth-order valence-electron chi connectivity index (χ4n) is 7.48. The van der Waals surface area contributed by atoms with Gasteiger partial charge in [0.25, 0.3) is 5.91 Å². The van der Waals surface area contributed by atoms with E-state index in [-0.39, 0.29) is 43.5 Å². The lowest BCUT2D eigenvalue weighted by molar-refractivity contribution is -0.306. The lowest BCUT2D eigenvalue weighted by Crippen LogP contribution is -2.70. The molecule has 15 atom stereocenters. The smallest absolute Gasteiger partial charge is 0.254 e. The van der Waals surface area contributed by atoms with Gasteiger partial charge in [-0.05, 0) is 44.6 Å². The van der Waals surface area contributed by atoms with Crippen LogP contribution in [0.25, 0.3) is 0 Å². The second-order valence-electron chi connectivity index (χ2n) is 13.8. The molecule has 2 heterocycles. The van der Waals surface area contributed by atoms with Gasteiger partial charge in [-0.25, -0.2) is 4.99 Å². The number of carbonyl (C=O) groups is 1. The highest BCUT2D eigenvalue weighted by atomic mass is 16.7. The number of hydrogen-bond acceptors (Lipinski definition) is 15. The van der Waals surface area contributed by atoms with Crippen LogP contribution < -0.4 is 45.0 Å². The van der Waals surface area contributed by atoms with E-state index in [9.17, 15) is 30.3 Å². The Hall–Kier alpha value is -1.78. The Labute approximate surface area is 267 Å². The maximum Gasteiger partial charge on any atom is 0.254 e. The minimum Gasteiger partial charge on any atom is -0.394 e. The van der Waals surface area contributed by atoms with Gasteiger partial charge in [-0.3, -0.25) is 4.79 Å². The molecule has 19 N–H and O–H groups in total. The molecule has 18 heteroatoms. The van der Waals surface area contributed by atoms with Crippen LogP contribution in [0.2, 0.25) is 0 Å². The lowest BCUT2D eigenvalue weighted by atomic mass is 9.71. The van der Waals surface area contributed by atoms with Crippen molar-refractivity contribution < 1.29 is 44.5 Å². The van der Waals surface area contributed by atoms with Crippen LogP contribution in [0.3, 0.4) is 0 Å². The number of amides is 1. The van der Waals surface area contributed by atoms with Crippen molar-refractivity contribution >= 4 is 11.9 Å². The third kappa shape index (κ3) is 7.29. The molecular weight excluding hydrogens is 606 g/mol. The minimum atomic E-state index is -1.88. The predicted octanol–water partition coefficient (Wildman–Crippen LogP) is -6.69. The number of aliphatic hydroxyl groups excluding tert-OH is 4. The van der Waals surface area contributed by atoms with Crippen molar-refractivity contribution in [1.82, 2.24) is 10.6 Å². The predicted molar refractivity (Wildman–Crippen MR) is 163 cm³/mol. The standard InChI is InChI=1S/C28H53N9O9/c29-7-12-1-2-14(35-8-10-3-11(30)4-10)23(44-12)18-13(31)5-15(36-26(42)28(43)6-17(28)37-27(33)34)24(21(18)40)46-25-22(41)19(32)20(39)16(9-38)45-25/h10-25,35,38-41,43H,1-9,29-32H2,(H,36,42)(H4,33,34,37). The van der Waals surface area contributed by atoms with Crippen molar-refractivity contribution in [3.8, 4) is 0 Å². The summed E-state index contributed by atoms with van der Waals surface area (Å²) in [6.07, 6.45) is -5.75. The maximum absolute atomic E-state index is 13.3. The zero-order chi connectivity index (χ0) is 33.5. The summed E-state index contributed by atoms with van der Waals surface area (Å²) in [5.41, 5.74) is 33.7. The fourth-order valence-corrected chi connectivity index (χ4v) is 7.48. The molecule has 5 fully saturated rings. The first-order valence-corrected chi connectivity index (χ1v) is 16.2. The number of aliphatic hydroxyl groups is 5. The molecular formula is C28H53N9O9. The SMILES string of the molecule is NCC1CCC(NCC2CC(N)C2)C(C2C(N)CC(NC(=O)C3(O)CC3N=C(N)N)C(OC3OC(CO)C(O)C(N)C3O)C2O)O1. The van der Waals surface area contributed by atoms with Gasteiger partial charge in [0.2, 0.25) is 0 Å². The Morgan fingerprint density at radius 3 is 2.35 bits per heavy atom. The van der Waals surface area contributed by atoms with E-state index in [1.54, 1.807) is 0 Å². The van der Waals surface area contributed by atoms with Crippen molar-refractivity contribution in [3.63, 3.8) is 0 Å². The van der Waals surface area contributed by atoms with Crippen LogP contribution in [-0.4, -0.2) is 148 Å². The topological polar surface area (TPSA) is 338 Å². The van der Waals surface area contributed by atoms with Crippen LogP contribution in [0.1, 0.15) is 38.5 Å². The number of carbonyl (C=O) groups excluding carboxylic acids is 1. The summed E-state index contributed by atoms with van der Waals surface area (Å²) in [5, 5.41) is 60.2. The Balaban J connectivity index is 1.39. The summed E-state index contributed by atoms with van der Waals surface area (Å²) >= 11 is 0. The Bertz CT molecular complexity index is 1080. The highest BCUT2D eigenvalue weighted by Crippen LogP contribution is 2.41. The number of guanidine groups is 1. The number of nitrogens with one attached hydrogen (secondary N) is 2. The summed E-state index contributed by atoms with van der Waals surface area (Å²) in [4.78, 5) is 17.2. The number of nitrogens with two attached hydrogens (primary N) is 6. The maximum atomic E-state index is 13.3. The summed E-state index contributed by atoms with van der Waals surface area (Å²) in [6, 6.07) is -3.76. The summed E-state index contributed by atoms with van der Waals surface area (Å²) in [6.45, 7) is 0.386. The number of nitrogens with zero attached hydrogens (tertiary/aromatic N) is 1. The van der Waals surface area contributed by atoms with Crippen LogP contribution in [0.5, 0.6) is 0 Å². The molecule has 0 spiro atoms. The summed E-state index contributed by atoms with van der Waals surface area (Å²) in [5.74, 6) is -1.36. The summed E-state index contributed by atoms with van der Waals surface area (Å²) in [7, 11) is 0. The molecule has 18 nitrogen and oxygen atoms in total. The van der Waals surface area contributed by atoms with Crippen LogP contribution in [0.4, 0.5) is 0 Å². The molecule has 0 aromatic heterocycles. The van der Waals surface area contributed by atoms with Crippen LogP contribution in [0, 0.1) is 11.8 Å². The van der Waals surface area contributed by atoms with E-state index in [0.717, 1.165) is 25.8 Å². The van der Waals surface area contributed by atoms with E-state index in [2.05, 4.69) is 15.6 Å². The van der Waals surface area contributed by atoms with Crippen molar-refractivity contribution in [3.05, 3.63) is 0 Å². The van der Waals surface area contributed by atoms with Crippen molar-refractivity contribution in [2.45, 2.75) is 129 Å². The quantitative estimate of drug-likeness (QED) is 0.0724. The van der Waals surface area contributed by atoms with Gasteiger partial charge in [0, 0.05) is 37.0 Å². The molecule has 2 aliphatic heterocycles. The van der Waals surface area contributed by atoms with E-state index in [0.29, 0.717) is 12.3 Å². The molecule has 5 rings (SSSR count). The lowest BCUT2D eigenvalue weighted by Gasteiger charge is -2.51. The average molecular weight is 660 g/mol. The molecule has 46 heavy (non-hydrogen) atoms. The Kier molecular flexibility index (Phi) is 11.1. The number of hydrogen-bond donors (Lipinski definition) is 13.